The Bertz CT molecular complexity index is 1060. The molecule has 0 radical (unpaired) electrons. The Kier molecular flexibility index (Phi) is 5.10. The Morgan fingerprint density at radius 1 is 1.07 bits per heavy atom. The zero-order valence-corrected chi connectivity index (χ0v) is 15.9. The van der Waals surface area contributed by atoms with Gasteiger partial charge in [0.05, 0.1) is 17.6 Å². The zero-order valence-electron chi connectivity index (χ0n) is 15.9. The van der Waals surface area contributed by atoms with Crippen LogP contribution in [0.5, 0.6) is 0 Å². The number of benzene rings is 1. The van der Waals surface area contributed by atoms with Gasteiger partial charge in [0.15, 0.2) is 0 Å². The smallest absolute Gasteiger partial charge is 0.223 e. The lowest BCUT2D eigenvalue weighted by atomic mass is 10.1. The molecule has 4 rings (SSSR count). The van der Waals surface area contributed by atoms with Crippen LogP contribution in [0.3, 0.4) is 0 Å². The van der Waals surface area contributed by atoms with Gasteiger partial charge in [0, 0.05) is 36.4 Å². The van der Waals surface area contributed by atoms with Gasteiger partial charge in [-0.2, -0.15) is 5.10 Å². The molecule has 4 aromatic rings. The molecule has 0 saturated carbocycles. The van der Waals surface area contributed by atoms with Crippen molar-refractivity contribution >= 4 is 5.95 Å². The van der Waals surface area contributed by atoms with E-state index in [0.29, 0.717) is 5.95 Å². The Labute approximate surface area is 164 Å². The molecule has 3 heterocycles. The van der Waals surface area contributed by atoms with Gasteiger partial charge in [0.25, 0.3) is 0 Å². The summed E-state index contributed by atoms with van der Waals surface area (Å²) in [5, 5.41) is 7.86. The molecule has 0 spiro atoms. The minimum Gasteiger partial charge on any atom is -0.351 e. The van der Waals surface area contributed by atoms with Crippen molar-refractivity contribution in [1.82, 2.24) is 24.7 Å². The fourth-order valence-electron chi connectivity index (χ4n) is 3.10. The van der Waals surface area contributed by atoms with Gasteiger partial charge in [-0.1, -0.05) is 12.1 Å². The number of pyridine rings is 1. The molecule has 3 aromatic heterocycles. The van der Waals surface area contributed by atoms with Gasteiger partial charge in [0.1, 0.15) is 0 Å². The second-order valence-corrected chi connectivity index (χ2v) is 6.88. The quantitative estimate of drug-likeness (QED) is 0.554. The molecule has 0 amide bonds. The molecule has 1 N–H and O–H groups in total. The minimum absolute atomic E-state index is 0.202. The van der Waals surface area contributed by atoms with Crippen molar-refractivity contribution in [3.63, 3.8) is 0 Å². The first-order valence-electron chi connectivity index (χ1n) is 9.28. The van der Waals surface area contributed by atoms with Crippen LogP contribution in [0.15, 0.2) is 73.4 Å². The number of nitrogens with zero attached hydrogens (tertiary/aromatic N) is 5. The monoisotopic (exact) mass is 370 g/mol. The highest BCUT2D eigenvalue weighted by molar-refractivity contribution is 5.59. The maximum Gasteiger partial charge on any atom is 0.223 e. The van der Waals surface area contributed by atoms with Crippen LogP contribution in [-0.4, -0.2) is 30.8 Å². The fourth-order valence-corrected chi connectivity index (χ4v) is 3.10. The van der Waals surface area contributed by atoms with E-state index in [-0.39, 0.29) is 6.04 Å². The largest absolute Gasteiger partial charge is 0.351 e. The third-order valence-electron chi connectivity index (χ3n) is 4.47. The maximum absolute atomic E-state index is 4.66. The van der Waals surface area contributed by atoms with E-state index in [4.69, 9.17) is 0 Å². The van der Waals surface area contributed by atoms with Gasteiger partial charge in [0.2, 0.25) is 5.95 Å². The molecule has 6 nitrogen and oxygen atoms in total. The van der Waals surface area contributed by atoms with Crippen molar-refractivity contribution in [2.75, 3.05) is 5.32 Å². The SMILES string of the molecule is Cc1cccc(-n2cc(-c3ccnc(N[C@@H](C)Cc4ccncc4)n3)cn2)c1. The number of nitrogens with one attached hydrogen (secondary N) is 1. The molecular formula is C22H22N6. The second kappa shape index (κ2) is 8.00. The van der Waals surface area contributed by atoms with Gasteiger partial charge >= 0.3 is 0 Å². The summed E-state index contributed by atoms with van der Waals surface area (Å²) in [4.78, 5) is 13.1. The lowest BCUT2D eigenvalue weighted by Gasteiger charge is -2.14. The summed E-state index contributed by atoms with van der Waals surface area (Å²) in [5.74, 6) is 0.613. The Morgan fingerprint density at radius 3 is 2.75 bits per heavy atom. The predicted molar refractivity (Wildman–Crippen MR) is 110 cm³/mol. The number of anilines is 1. The van der Waals surface area contributed by atoms with E-state index in [1.54, 1.807) is 6.20 Å². The van der Waals surface area contributed by atoms with E-state index in [1.165, 1.54) is 11.1 Å². The van der Waals surface area contributed by atoms with Crippen LogP contribution in [-0.2, 0) is 6.42 Å². The molecule has 140 valence electrons. The first kappa shape index (κ1) is 17.9. The summed E-state index contributed by atoms with van der Waals surface area (Å²) >= 11 is 0. The topological polar surface area (TPSA) is 68.5 Å². The third-order valence-corrected chi connectivity index (χ3v) is 4.47. The van der Waals surface area contributed by atoms with Gasteiger partial charge < -0.3 is 5.32 Å². The number of hydrogen-bond acceptors (Lipinski definition) is 5. The number of rotatable bonds is 6. The summed E-state index contributed by atoms with van der Waals surface area (Å²) in [6, 6.07) is 14.4. The van der Waals surface area contributed by atoms with Gasteiger partial charge in [-0.3, -0.25) is 4.98 Å². The van der Waals surface area contributed by atoms with E-state index < -0.39 is 0 Å². The predicted octanol–water partition coefficient (Wildman–Crippen LogP) is 4.08. The highest BCUT2D eigenvalue weighted by Crippen LogP contribution is 2.19. The van der Waals surface area contributed by atoms with Crippen molar-refractivity contribution in [3.05, 3.63) is 84.6 Å². The van der Waals surface area contributed by atoms with Crippen LogP contribution < -0.4 is 5.32 Å². The van der Waals surface area contributed by atoms with Crippen LogP contribution in [0.4, 0.5) is 5.95 Å². The molecular weight excluding hydrogens is 348 g/mol. The molecule has 1 atom stereocenters. The van der Waals surface area contributed by atoms with Crippen molar-refractivity contribution in [1.29, 1.82) is 0 Å². The van der Waals surface area contributed by atoms with E-state index in [1.807, 2.05) is 59.8 Å². The minimum atomic E-state index is 0.202. The van der Waals surface area contributed by atoms with Crippen molar-refractivity contribution in [3.8, 4) is 16.9 Å². The lowest BCUT2D eigenvalue weighted by molar-refractivity contribution is 0.776. The van der Waals surface area contributed by atoms with Crippen LogP contribution in [0.2, 0.25) is 0 Å². The summed E-state index contributed by atoms with van der Waals surface area (Å²) in [5.41, 5.74) is 5.25. The van der Waals surface area contributed by atoms with Gasteiger partial charge in [-0.05, 0) is 61.7 Å². The Morgan fingerprint density at radius 2 is 1.93 bits per heavy atom. The molecule has 0 unspecified atom stereocenters. The fraction of sp³-hybridized carbons (Fsp3) is 0.182. The second-order valence-electron chi connectivity index (χ2n) is 6.88. The molecule has 0 aliphatic heterocycles. The molecule has 28 heavy (non-hydrogen) atoms. The number of hydrogen-bond donors (Lipinski definition) is 1. The molecule has 0 fully saturated rings. The van der Waals surface area contributed by atoms with Gasteiger partial charge in [-0.15, -0.1) is 0 Å². The third kappa shape index (κ3) is 4.23. The molecule has 0 aliphatic carbocycles. The van der Waals surface area contributed by atoms with Gasteiger partial charge in [-0.25, -0.2) is 14.6 Å². The summed E-state index contributed by atoms with van der Waals surface area (Å²) in [6.45, 7) is 4.19. The van der Waals surface area contributed by atoms with Crippen LogP contribution in [0.1, 0.15) is 18.1 Å². The lowest BCUT2D eigenvalue weighted by Crippen LogP contribution is -2.19. The average Bonchev–Trinajstić information content (AvgIpc) is 3.19. The standard InChI is InChI=1S/C22H22N6/c1-16-4-3-5-20(12-16)28-15-19(14-25-28)21-8-11-24-22(27-21)26-17(2)13-18-6-9-23-10-7-18/h3-12,14-15,17H,13H2,1-2H3,(H,24,26,27)/t17-/m0/s1. The molecule has 0 saturated heterocycles. The van der Waals surface area contributed by atoms with Crippen LogP contribution in [0.25, 0.3) is 16.9 Å². The Balaban J connectivity index is 1.49. The van der Waals surface area contributed by atoms with Crippen molar-refractivity contribution < 1.29 is 0 Å². The van der Waals surface area contributed by atoms with E-state index in [0.717, 1.165) is 23.4 Å². The van der Waals surface area contributed by atoms with Crippen molar-refractivity contribution in [2.24, 2.45) is 0 Å². The van der Waals surface area contributed by atoms with Crippen LogP contribution in [0, 0.1) is 6.92 Å². The first-order valence-corrected chi connectivity index (χ1v) is 9.28. The molecule has 0 aliphatic rings. The summed E-state index contributed by atoms with van der Waals surface area (Å²) < 4.78 is 1.86. The van der Waals surface area contributed by atoms with E-state index in [9.17, 15) is 0 Å². The van der Waals surface area contributed by atoms with Crippen molar-refractivity contribution in [2.45, 2.75) is 26.3 Å². The number of aromatic nitrogens is 5. The van der Waals surface area contributed by atoms with E-state index in [2.05, 4.69) is 51.3 Å². The summed E-state index contributed by atoms with van der Waals surface area (Å²) in [6.07, 6.45) is 10.1. The van der Waals surface area contributed by atoms with Crippen LogP contribution >= 0.6 is 0 Å². The highest BCUT2D eigenvalue weighted by Gasteiger charge is 2.09. The maximum atomic E-state index is 4.66. The normalized spacial score (nSPS) is 11.9. The highest BCUT2D eigenvalue weighted by atomic mass is 15.3. The molecule has 0 bridgehead atoms. The first-order chi connectivity index (χ1) is 13.7. The van der Waals surface area contributed by atoms with E-state index >= 15 is 0 Å². The Hall–Kier alpha value is -3.54. The summed E-state index contributed by atoms with van der Waals surface area (Å²) in [7, 11) is 0. The average molecular weight is 370 g/mol. The zero-order chi connectivity index (χ0) is 19.3. The molecule has 1 aromatic carbocycles. The number of aryl methyl sites for hydroxylation is 1. The molecule has 6 heteroatoms.